The van der Waals surface area contributed by atoms with Gasteiger partial charge in [-0.25, -0.2) is 4.98 Å². The lowest BCUT2D eigenvalue weighted by atomic mass is 10.2. The van der Waals surface area contributed by atoms with Crippen molar-refractivity contribution in [3.8, 4) is 0 Å². The van der Waals surface area contributed by atoms with Crippen molar-refractivity contribution >= 4 is 28.4 Å². The summed E-state index contributed by atoms with van der Waals surface area (Å²) in [7, 11) is 0. The molecule has 1 fully saturated rings. The van der Waals surface area contributed by atoms with E-state index in [1.54, 1.807) is 18.2 Å². The number of carbonyl (C=O) groups excluding carboxylic acids is 1. The first-order valence-electron chi connectivity index (χ1n) is 7.79. The zero-order valence-electron chi connectivity index (χ0n) is 12.7. The Morgan fingerprint density at radius 2 is 1.87 bits per heavy atom. The number of nitrogens with zero attached hydrogens (tertiary/aromatic N) is 2. The topological polar surface area (TPSA) is 58.4 Å². The number of carbonyl (C=O) groups is 1. The van der Waals surface area contributed by atoms with E-state index < -0.39 is 0 Å². The first-order valence-corrected chi connectivity index (χ1v) is 7.79. The van der Waals surface area contributed by atoms with Gasteiger partial charge in [-0.3, -0.25) is 4.79 Å². The largest absolute Gasteiger partial charge is 0.443 e. The van der Waals surface area contributed by atoms with Gasteiger partial charge >= 0.3 is 0 Å². The minimum atomic E-state index is -0.155. The van der Waals surface area contributed by atoms with Crippen LogP contribution >= 0.6 is 0 Å². The van der Waals surface area contributed by atoms with E-state index in [0.29, 0.717) is 11.1 Å². The van der Waals surface area contributed by atoms with Crippen LogP contribution in [0.4, 0.5) is 11.4 Å². The van der Waals surface area contributed by atoms with Crippen molar-refractivity contribution in [2.24, 2.45) is 0 Å². The van der Waals surface area contributed by atoms with Gasteiger partial charge in [-0.2, -0.15) is 0 Å². The van der Waals surface area contributed by atoms with Gasteiger partial charge in [-0.15, -0.1) is 0 Å². The van der Waals surface area contributed by atoms with Gasteiger partial charge in [0.1, 0.15) is 5.52 Å². The van der Waals surface area contributed by atoms with Crippen molar-refractivity contribution < 1.29 is 9.21 Å². The molecule has 5 heteroatoms. The third kappa shape index (κ3) is 2.77. The molecular formula is C18H17N3O2. The molecule has 23 heavy (non-hydrogen) atoms. The number of aromatic nitrogens is 1. The summed E-state index contributed by atoms with van der Waals surface area (Å²) < 4.78 is 5.23. The Bertz CT molecular complexity index is 833. The van der Waals surface area contributed by atoms with Crippen molar-refractivity contribution in [2.45, 2.75) is 12.8 Å². The summed E-state index contributed by atoms with van der Waals surface area (Å²) in [5.74, 6) is -0.155. The molecular weight excluding hydrogens is 290 g/mol. The Morgan fingerprint density at radius 3 is 2.65 bits per heavy atom. The number of nitrogens with one attached hydrogen (secondary N) is 1. The van der Waals surface area contributed by atoms with Crippen LogP contribution in [0.1, 0.15) is 23.2 Å². The molecule has 1 aromatic heterocycles. The molecule has 1 saturated heterocycles. The zero-order valence-corrected chi connectivity index (χ0v) is 12.7. The number of anilines is 2. The van der Waals surface area contributed by atoms with E-state index in [2.05, 4.69) is 27.3 Å². The maximum atomic E-state index is 12.3. The highest BCUT2D eigenvalue weighted by Gasteiger charge is 2.13. The van der Waals surface area contributed by atoms with E-state index in [9.17, 15) is 4.79 Å². The molecule has 0 bridgehead atoms. The Labute approximate surface area is 133 Å². The summed E-state index contributed by atoms with van der Waals surface area (Å²) in [6.45, 7) is 2.23. The molecule has 0 radical (unpaired) electrons. The summed E-state index contributed by atoms with van der Waals surface area (Å²) in [4.78, 5) is 18.7. The Hall–Kier alpha value is -2.82. The van der Waals surface area contributed by atoms with E-state index in [0.717, 1.165) is 24.3 Å². The fourth-order valence-electron chi connectivity index (χ4n) is 2.93. The third-order valence-corrected chi connectivity index (χ3v) is 4.19. The van der Waals surface area contributed by atoms with E-state index in [1.807, 2.05) is 12.1 Å². The molecule has 0 saturated carbocycles. The second kappa shape index (κ2) is 5.76. The molecule has 1 N–H and O–H groups in total. The second-order valence-electron chi connectivity index (χ2n) is 5.73. The number of hydrogen-bond acceptors (Lipinski definition) is 4. The molecule has 1 aliphatic heterocycles. The minimum absolute atomic E-state index is 0.155. The van der Waals surface area contributed by atoms with Crippen LogP contribution in [0.3, 0.4) is 0 Å². The van der Waals surface area contributed by atoms with E-state index in [4.69, 9.17) is 4.42 Å². The minimum Gasteiger partial charge on any atom is -0.443 e. The first kappa shape index (κ1) is 13.8. The van der Waals surface area contributed by atoms with Gasteiger partial charge in [-0.1, -0.05) is 0 Å². The predicted octanol–water partition coefficient (Wildman–Crippen LogP) is 3.68. The van der Waals surface area contributed by atoms with Crippen LogP contribution in [0.5, 0.6) is 0 Å². The third-order valence-electron chi connectivity index (χ3n) is 4.19. The van der Waals surface area contributed by atoms with Crippen LogP contribution in [-0.2, 0) is 0 Å². The van der Waals surface area contributed by atoms with Crippen LogP contribution in [0.2, 0.25) is 0 Å². The normalized spacial score (nSPS) is 14.3. The molecule has 1 amide bonds. The van der Waals surface area contributed by atoms with Crippen LogP contribution in [0, 0.1) is 0 Å². The number of fused-ring (bicyclic) bond motifs is 1. The van der Waals surface area contributed by atoms with Gasteiger partial charge in [0.2, 0.25) is 0 Å². The van der Waals surface area contributed by atoms with E-state index in [-0.39, 0.29) is 5.91 Å². The number of benzene rings is 2. The number of oxazole rings is 1. The Balaban J connectivity index is 1.49. The number of rotatable bonds is 3. The predicted molar refractivity (Wildman–Crippen MR) is 89.9 cm³/mol. The number of hydrogen-bond donors (Lipinski definition) is 1. The lowest BCUT2D eigenvalue weighted by Gasteiger charge is -2.17. The summed E-state index contributed by atoms with van der Waals surface area (Å²) in [5, 5.41) is 2.91. The second-order valence-corrected chi connectivity index (χ2v) is 5.73. The average Bonchev–Trinajstić information content (AvgIpc) is 3.26. The smallest absolute Gasteiger partial charge is 0.255 e. The summed E-state index contributed by atoms with van der Waals surface area (Å²) in [6.07, 6.45) is 3.88. The molecule has 116 valence electrons. The van der Waals surface area contributed by atoms with Gasteiger partial charge in [0.05, 0.1) is 0 Å². The molecule has 3 aromatic rings. The van der Waals surface area contributed by atoms with Crippen molar-refractivity contribution in [3.63, 3.8) is 0 Å². The quantitative estimate of drug-likeness (QED) is 0.802. The number of amides is 1. The maximum Gasteiger partial charge on any atom is 0.255 e. The molecule has 2 heterocycles. The van der Waals surface area contributed by atoms with Crippen LogP contribution in [0.15, 0.2) is 53.3 Å². The zero-order chi connectivity index (χ0) is 15.6. The molecule has 0 spiro atoms. The molecule has 0 atom stereocenters. The monoisotopic (exact) mass is 307 g/mol. The van der Waals surface area contributed by atoms with Crippen molar-refractivity contribution in [1.82, 2.24) is 4.98 Å². The molecule has 2 aromatic carbocycles. The van der Waals surface area contributed by atoms with Crippen molar-refractivity contribution in [3.05, 3.63) is 54.4 Å². The SMILES string of the molecule is O=C(Nc1ccc(N2CCCC2)cc1)c1ccc2ncoc2c1. The van der Waals surface area contributed by atoms with Crippen LogP contribution < -0.4 is 10.2 Å². The van der Waals surface area contributed by atoms with Crippen LogP contribution in [0.25, 0.3) is 11.1 Å². The van der Waals surface area contributed by atoms with Gasteiger partial charge in [-0.05, 0) is 55.3 Å². The van der Waals surface area contributed by atoms with Crippen molar-refractivity contribution in [1.29, 1.82) is 0 Å². The van der Waals surface area contributed by atoms with Gasteiger partial charge < -0.3 is 14.6 Å². The van der Waals surface area contributed by atoms with Gasteiger partial charge in [0.25, 0.3) is 5.91 Å². The molecule has 4 rings (SSSR count). The standard InChI is InChI=1S/C18H17N3O2/c22-18(13-3-8-16-17(11-13)23-12-19-16)20-14-4-6-15(7-5-14)21-9-1-2-10-21/h3-8,11-12H,1-2,9-10H2,(H,20,22). The highest BCUT2D eigenvalue weighted by molar-refractivity contribution is 6.05. The highest BCUT2D eigenvalue weighted by atomic mass is 16.3. The average molecular weight is 307 g/mol. The lowest BCUT2D eigenvalue weighted by molar-refractivity contribution is 0.102. The van der Waals surface area contributed by atoms with Crippen molar-refractivity contribution in [2.75, 3.05) is 23.3 Å². The highest BCUT2D eigenvalue weighted by Crippen LogP contribution is 2.22. The fraction of sp³-hybridized carbons (Fsp3) is 0.222. The van der Waals surface area contributed by atoms with Crippen LogP contribution in [-0.4, -0.2) is 24.0 Å². The maximum absolute atomic E-state index is 12.3. The molecule has 5 nitrogen and oxygen atoms in total. The lowest BCUT2D eigenvalue weighted by Crippen LogP contribution is -2.17. The summed E-state index contributed by atoms with van der Waals surface area (Å²) in [6, 6.07) is 13.2. The summed E-state index contributed by atoms with van der Waals surface area (Å²) >= 11 is 0. The first-order chi connectivity index (χ1) is 11.3. The molecule has 0 aliphatic carbocycles. The molecule has 0 unspecified atom stereocenters. The van der Waals surface area contributed by atoms with E-state index in [1.165, 1.54) is 24.9 Å². The summed E-state index contributed by atoms with van der Waals surface area (Å²) in [5.41, 5.74) is 3.91. The fourth-order valence-corrected chi connectivity index (χ4v) is 2.93. The molecule has 1 aliphatic rings. The van der Waals surface area contributed by atoms with Gasteiger partial charge in [0, 0.05) is 30.0 Å². The van der Waals surface area contributed by atoms with E-state index >= 15 is 0 Å². The van der Waals surface area contributed by atoms with Gasteiger partial charge in [0.15, 0.2) is 12.0 Å². The Morgan fingerprint density at radius 1 is 1.09 bits per heavy atom. The Kier molecular flexibility index (Phi) is 3.46.